The molecule has 0 bridgehead atoms. The fraction of sp³-hybridized carbons (Fsp3) is 0.500. The van der Waals surface area contributed by atoms with Gasteiger partial charge in [0.05, 0.1) is 18.1 Å². The summed E-state index contributed by atoms with van der Waals surface area (Å²) in [6.07, 6.45) is 0.431. The molecule has 1 aromatic rings. The third-order valence-corrected chi connectivity index (χ3v) is 4.14. The van der Waals surface area contributed by atoms with Gasteiger partial charge in [0.2, 0.25) is 0 Å². The molecule has 0 amide bonds. The van der Waals surface area contributed by atoms with Crippen LogP contribution in [-0.4, -0.2) is 27.6 Å². The van der Waals surface area contributed by atoms with E-state index in [4.69, 9.17) is 20.2 Å². The number of hydrogen-bond acceptors (Lipinski definition) is 5. The van der Waals surface area contributed by atoms with Gasteiger partial charge in [-0.3, -0.25) is 0 Å². The smallest absolute Gasteiger partial charge is 0.342 e. The number of carbonyl (C=O) groups is 1. The monoisotopic (exact) mass is 334 g/mol. The summed E-state index contributed by atoms with van der Waals surface area (Å²) in [5.74, 6) is -0.0211. The number of benzene rings is 1. The van der Waals surface area contributed by atoms with Crippen molar-refractivity contribution >= 4 is 25.7 Å². The molecule has 1 atom stereocenters. The van der Waals surface area contributed by atoms with Gasteiger partial charge in [-0.15, -0.1) is 0 Å². The average molecular weight is 335 g/mol. The Morgan fingerprint density at radius 2 is 1.90 bits per heavy atom. The summed E-state index contributed by atoms with van der Waals surface area (Å²) in [5.41, 5.74) is 0.0369. The predicted molar refractivity (Wildman–Crippen MR) is 80.4 cm³/mol. The lowest BCUT2D eigenvalue weighted by Crippen LogP contribution is -2.17. The van der Waals surface area contributed by atoms with E-state index < -0.39 is 15.0 Å². The lowest BCUT2D eigenvalue weighted by atomic mass is 10.1. The Morgan fingerprint density at radius 1 is 1.29 bits per heavy atom. The van der Waals surface area contributed by atoms with Crippen LogP contribution in [0.5, 0.6) is 5.75 Å². The molecular formula is C14H19ClO5S. The second-order valence-corrected chi connectivity index (χ2v) is 7.71. The first-order valence-corrected chi connectivity index (χ1v) is 8.79. The normalized spacial score (nSPS) is 13.0. The molecule has 118 valence electrons. The van der Waals surface area contributed by atoms with Crippen molar-refractivity contribution in [3.05, 3.63) is 23.8 Å². The number of rotatable bonds is 6. The zero-order valence-corrected chi connectivity index (χ0v) is 14.0. The summed E-state index contributed by atoms with van der Waals surface area (Å²) >= 11 is 0. The van der Waals surface area contributed by atoms with E-state index in [-0.39, 0.29) is 22.3 Å². The molecule has 0 saturated heterocycles. The van der Waals surface area contributed by atoms with E-state index in [1.165, 1.54) is 19.2 Å². The van der Waals surface area contributed by atoms with E-state index in [9.17, 15) is 13.2 Å². The molecule has 0 heterocycles. The molecule has 0 spiro atoms. The van der Waals surface area contributed by atoms with E-state index in [0.29, 0.717) is 12.3 Å². The minimum Gasteiger partial charge on any atom is -0.496 e. The van der Waals surface area contributed by atoms with Gasteiger partial charge in [-0.1, -0.05) is 13.8 Å². The third-order valence-electron chi connectivity index (χ3n) is 2.78. The third kappa shape index (κ3) is 5.21. The van der Waals surface area contributed by atoms with Gasteiger partial charge in [-0.25, -0.2) is 13.2 Å². The van der Waals surface area contributed by atoms with E-state index in [1.807, 2.05) is 13.8 Å². The molecule has 1 aromatic carbocycles. The predicted octanol–water partition coefficient (Wildman–Crippen LogP) is 3.21. The average Bonchev–Trinajstić information content (AvgIpc) is 2.35. The molecule has 21 heavy (non-hydrogen) atoms. The SMILES string of the molecule is COc1ccc(S(=O)(=O)Cl)cc1C(=O)OC(C)CC(C)C. The van der Waals surface area contributed by atoms with Gasteiger partial charge in [0.15, 0.2) is 0 Å². The van der Waals surface area contributed by atoms with Crippen molar-refractivity contribution in [3.8, 4) is 5.75 Å². The molecule has 0 fully saturated rings. The van der Waals surface area contributed by atoms with Crippen molar-refractivity contribution in [3.63, 3.8) is 0 Å². The number of esters is 1. The number of carbonyl (C=O) groups excluding carboxylic acids is 1. The van der Waals surface area contributed by atoms with Crippen LogP contribution in [0.15, 0.2) is 23.1 Å². The van der Waals surface area contributed by atoms with Crippen LogP contribution in [-0.2, 0) is 13.8 Å². The van der Waals surface area contributed by atoms with Crippen LogP contribution in [0.25, 0.3) is 0 Å². The molecule has 5 nitrogen and oxygen atoms in total. The van der Waals surface area contributed by atoms with Gasteiger partial charge in [0, 0.05) is 10.7 Å². The first-order valence-electron chi connectivity index (χ1n) is 6.48. The summed E-state index contributed by atoms with van der Waals surface area (Å²) < 4.78 is 33.1. The van der Waals surface area contributed by atoms with Crippen molar-refractivity contribution in [2.75, 3.05) is 7.11 Å². The minimum absolute atomic E-state index is 0.0369. The van der Waals surface area contributed by atoms with Crippen molar-refractivity contribution in [1.82, 2.24) is 0 Å². The first kappa shape index (κ1) is 17.8. The summed E-state index contributed by atoms with van der Waals surface area (Å²) in [4.78, 5) is 12.0. The molecule has 1 rings (SSSR count). The highest BCUT2D eigenvalue weighted by Crippen LogP contribution is 2.26. The van der Waals surface area contributed by atoms with E-state index >= 15 is 0 Å². The molecule has 0 saturated carbocycles. The van der Waals surface area contributed by atoms with Crippen LogP contribution >= 0.6 is 10.7 Å². The summed E-state index contributed by atoms with van der Waals surface area (Å²) in [5, 5.41) is 0. The molecule has 0 N–H and O–H groups in total. The highest BCUT2D eigenvalue weighted by molar-refractivity contribution is 8.13. The molecule has 0 aliphatic carbocycles. The standard InChI is InChI=1S/C14H19ClO5S/c1-9(2)7-10(3)20-14(16)12-8-11(21(15,17)18)5-6-13(12)19-4/h5-6,8-10H,7H2,1-4H3. The van der Waals surface area contributed by atoms with Crippen LogP contribution in [0.1, 0.15) is 37.6 Å². The second-order valence-electron chi connectivity index (χ2n) is 5.15. The number of methoxy groups -OCH3 is 1. The lowest BCUT2D eigenvalue weighted by Gasteiger charge is -2.16. The van der Waals surface area contributed by atoms with Gasteiger partial charge in [0.25, 0.3) is 9.05 Å². The number of hydrogen-bond donors (Lipinski definition) is 0. The van der Waals surface area contributed by atoms with Gasteiger partial charge in [-0.05, 0) is 37.5 Å². The summed E-state index contributed by atoms with van der Waals surface area (Å²) in [6, 6.07) is 3.81. The van der Waals surface area contributed by atoms with Crippen LogP contribution in [0.2, 0.25) is 0 Å². The van der Waals surface area contributed by atoms with E-state index in [1.54, 1.807) is 6.92 Å². The van der Waals surface area contributed by atoms with Crippen molar-refractivity contribution in [1.29, 1.82) is 0 Å². The van der Waals surface area contributed by atoms with Crippen LogP contribution < -0.4 is 4.74 Å². The van der Waals surface area contributed by atoms with Gasteiger partial charge >= 0.3 is 5.97 Å². The van der Waals surface area contributed by atoms with Crippen LogP contribution in [0.3, 0.4) is 0 Å². The van der Waals surface area contributed by atoms with E-state index in [0.717, 1.165) is 6.07 Å². The quantitative estimate of drug-likeness (QED) is 0.590. The number of halogens is 1. The lowest BCUT2D eigenvalue weighted by molar-refractivity contribution is 0.0296. The second kappa shape index (κ2) is 7.13. The summed E-state index contributed by atoms with van der Waals surface area (Å²) in [6.45, 7) is 5.82. The first-order chi connectivity index (χ1) is 9.65. The maximum absolute atomic E-state index is 12.2. The Hall–Kier alpha value is -1.27. The molecule has 0 aliphatic rings. The Balaban J connectivity index is 3.07. The fourth-order valence-corrected chi connectivity index (χ4v) is 2.73. The van der Waals surface area contributed by atoms with Gasteiger partial charge in [-0.2, -0.15) is 0 Å². The summed E-state index contributed by atoms with van der Waals surface area (Å²) in [7, 11) is 2.75. The largest absolute Gasteiger partial charge is 0.496 e. The van der Waals surface area contributed by atoms with Crippen molar-refractivity contribution in [2.24, 2.45) is 5.92 Å². The Bertz CT molecular complexity index is 610. The molecule has 1 unspecified atom stereocenters. The van der Waals surface area contributed by atoms with Crippen LogP contribution in [0, 0.1) is 5.92 Å². The molecule has 7 heteroatoms. The Morgan fingerprint density at radius 3 is 2.38 bits per heavy atom. The Labute approximate surface area is 129 Å². The minimum atomic E-state index is -3.92. The molecule has 0 aromatic heterocycles. The zero-order chi connectivity index (χ0) is 16.2. The fourth-order valence-electron chi connectivity index (χ4n) is 1.96. The highest BCUT2D eigenvalue weighted by atomic mass is 35.7. The van der Waals surface area contributed by atoms with Crippen molar-refractivity contribution in [2.45, 2.75) is 38.2 Å². The molecular weight excluding hydrogens is 316 g/mol. The van der Waals surface area contributed by atoms with Gasteiger partial charge < -0.3 is 9.47 Å². The number of ether oxygens (including phenoxy) is 2. The van der Waals surface area contributed by atoms with E-state index in [2.05, 4.69) is 0 Å². The van der Waals surface area contributed by atoms with Crippen LogP contribution in [0.4, 0.5) is 0 Å². The Kier molecular flexibility index (Phi) is 6.04. The maximum Gasteiger partial charge on any atom is 0.342 e. The molecule has 0 radical (unpaired) electrons. The topological polar surface area (TPSA) is 69.7 Å². The zero-order valence-electron chi connectivity index (χ0n) is 12.4. The molecule has 0 aliphatic heterocycles. The highest BCUT2D eigenvalue weighted by Gasteiger charge is 2.21. The van der Waals surface area contributed by atoms with Gasteiger partial charge in [0.1, 0.15) is 11.3 Å². The van der Waals surface area contributed by atoms with Crippen molar-refractivity contribution < 1.29 is 22.7 Å². The maximum atomic E-state index is 12.2.